The zero-order valence-corrected chi connectivity index (χ0v) is 11.5. The van der Waals surface area contributed by atoms with Gasteiger partial charge in [0.2, 0.25) is 5.91 Å². The zero-order valence-electron chi connectivity index (χ0n) is 11.5. The molecule has 0 saturated carbocycles. The molecule has 0 fully saturated rings. The van der Waals surface area contributed by atoms with Crippen molar-refractivity contribution in [2.75, 3.05) is 0 Å². The van der Waals surface area contributed by atoms with Crippen LogP contribution in [0.2, 0.25) is 0 Å². The maximum absolute atomic E-state index is 10.4. The van der Waals surface area contributed by atoms with E-state index in [4.69, 9.17) is 5.73 Å². The first-order chi connectivity index (χ1) is 10.3. The normalized spacial score (nSPS) is 9.33. The monoisotopic (exact) mass is 276 g/mol. The third-order valence-corrected chi connectivity index (χ3v) is 2.83. The first kappa shape index (κ1) is 14.5. The lowest BCUT2D eigenvalue weighted by molar-refractivity contribution is 0.1000. The smallest absolute Gasteiger partial charge is 0.250 e. The highest BCUT2D eigenvalue weighted by Crippen LogP contribution is 2.17. The molecule has 1 amide bonds. The summed E-state index contributed by atoms with van der Waals surface area (Å²) in [6.45, 7) is 0. The third kappa shape index (κ3) is 4.58. The molecule has 2 N–H and O–H groups in total. The Balaban J connectivity index is 0.000000161. The highest BCUT2D eigenvalue weighted by atomic mass is 16.1. The maximum atomic E-state index is 10.4. The first-order valence-electron chi connectivity index (χ1n) is 6.57. The van der Waals surface area contributed by atoms with Gasteiger partial charge in [-0.1, -0.05) is 60.7 Å². The Kier molecular flexibility index (Phi) is 5.24. The molecule has 0 bridgehead atoms. The van der Waals surface area contributed by atoms with Crippen molar-refractivity contribution in [1.82, 2.24) is 4.98 Å². The maximum Gasteiger partial charge on any atom is 0.250 e. The molecule has 0 saturated heterocycles. The lowest BCUT2D eigenvalue weighted by Crippen LogP contribution is -2.10. The summed E-state index contributed by atoms with van der Waals surface area (Å²) in [5.74, 6) is -0.442. The van der Waals surface area contributed by atoms with Crippen LogP contribution < -0.4 is 5.73 Å². The van der Waals surface area contributed by atoms with E-state index >= 15 is 0 Å². The van der Waals surface area contributed by atoms with Gasteiger partial charge in [0.15, 0.2) is 0 Å². The van der Waals surface area contributed by atoms with Crippen LogP contribution in [0.25, 0.3) is 11.1 Å². The van der Waals surface area contributed by atoms with Gasteiger partial charge in [0, 0.05) is 12.4 Å². The summed E-state index contributed by atoms with van der Waals surface area (Å²) < 4.78 is 0. The molecular formula is C18H16N2O. The minimum absolute atomic E-state index is 0.442. The largest absolute Gasteiger partial charge is 0.366 e. The van der Waals surface area contributed by atoms with Gasteiger partial charge < -0.3 is 5.73 Å². The van der Waals surface area contributed by atoms with E-state index in [9.17, 15) is 4.79 Å². The average Bonchev–Trinajstić information content (AvgIpc) is 2.58. The highest BCUT2D eigenvalue weighted by molar-refractivity contribution is 5.92. The van der Waals surface area contributed by atoms with Crippen LogP contribution >= 0.6 is 0 Å². The number of hydrogen-bond acceptors (Lipinski definition) is 2. The number of carbonyl (C=O) groups is 1. The SMILES string of the molecule is NC(=O)c1cccnc1.c1ccc(-c2ccccc2)cc1. The standard InChI is InChI=1S/C12H10.C6H6N2O/c1-3-7-11(8-4-1)12-9-5-2-6-10-12;7-6(9)5-2-1-3-8-4-5/h1-10H;1-4H,(H2,7,9). The molecule has 0 spiro atoms. The number of benzene rings is 2. The molecule has 3 rings (SSSR count). The molecule has 3 nitrogen and oxygen atoms in total. The Morgan fingerprint density at radius 2 is 1.29 bits per heavy atom. The number of aromatic nitrogens is 1. The topological polar surface area (TPSA) is 56.0 Å². The van der Waals surface area contributed by atoms with E-state index in [0.29, 0.717) is 5.56 Å². The number of pyridine rings is 1. The van der Waals surface area contributed by atoms with Crippen LogP contribution in [0, 0.1) is 0 Å². The molecule has 0 atom stereocenters. The Hall–Kier alpha value is -2.94. The van der Waals surface area contributed by atoms with Gasteiger partial charge in [-0.3, -0.25) is 9.78 Å². The van der Waals surface area contributed by atoms with Gasteiger partial charge in [-0.2, -0.15) is 0 Å². The van der Waals surface area contributed by atoms with Gasteiger partial charge in [-0.05, 0) is 23.3 Å². The fourth-order valence-corrected chi connectivity index (χ4v) is 1.77. The predicted molar refractivity (Wildman–Crippen MR) is 84.6 cm³/mol. The summed E-state index contributed by atoms with van der Waals surface area (Å²) in [5.41, 5.74) is 7.93. The molecule has 1 heterocycles. The fourth-order valence-electron chi connectivity index (χ4n) is 1.77. The van der Waals surface area contributed by atoms with E-state index in [1.54, 1.807) is 18.3 Å². The van der Waals surface area contributed by atoms with Crippen LogP contribution in [0.5, 0.6) is 0 Å². The number of nitrogens with two attached hydrogens (primary N) is 1. The molecule has 0 aliphatic heterocycles. The number of rotatable bonds is 2. The number of primary amides is 1. The van der Waals surface area contributed by atoms with Crippen LogP contribution in [-0.4, -0.2) is 10.9 Å². The molecule has 0 radical (unpaired) electrons. The van der Waals surface area contributed by atoms with Crippen molar-refractivity contribution in [1.29, 1.82) is 0 Å². The Morgan fingerprint density at radius 3 is 1.62 bits per heavy atom. The molecule has 2 aromatic carbocycles. The van der Waals surface area contributed by atoms with Crippen LogP contribution in [0.1, 0.15) is 10.4 Å². The first-order valence-corrected chi connectivity index (χ1v) is 6.57. The van der Waals surface area contributed by atoms with Gasteiger partial charge in [0.1, 0.15) is 0 Å². The second-order valence-corrected chi connectivity index (χ2v) is 4.34. The van der Waals surface area contributed by atoms with Crippen molar-refractivity contribution < 1.29 is 4.79 Å². The average molecular weight is 276 g/mol. The summed E-state index contributed by atoms with van der Waals surface area (Å²) in [6.07, 6.45) is 3.02. The molecule has 3 aromatic rings. The lowest BCUT2D eigenvalue weighted by Gasteiger charge is -1.98. The van der Waals surface area contributed by atoms with Crippen molar-refractivity contribution in [3.63, 3.8) is 0 Å². The van der Waals surface area contributed by atoms with Crippen LogP contribution in [0.15, 0.2) is 85.2 Å². The third-order valence-electron chi connectivity index (χ3n) is 2.83. The van der Waals surface area contributed by atoms with Crippen molar-refractivity contribution in [3.8, 4) is 11.1 Å². The predicted octanol–water partition coefficient (Wildman–Crippen LogP) is 3.53. The van der Waals surface area contributed by atoms with Gasteiger partial charge in [0.05, 0.1) is 5.56 Å². The lowest BCUT2D eigenvalue weighted by atomic mass is 10.1. The van der Waals surface area contributed by atoms with E-state index < -0.39 is 5.91 Å². The molecule has 1 aromatic heterocycles. The Bertz CT molecular complexity index is 630. The van der Waals surface area contributed by atoms with Gasteiger partial charge >= 0.3 is 0 Å². The molecule has 3 heteroatoms. The summed E-state index contributed by atoms with van der Waals surface area (Å²) in [7, 11) is 0. The Morgan fingerprint density at radius 1 is 0.762 bits per heavy atom. The van der Waals surface area contributed by atoms with E-state index in [-0.39, 0.29) is 0 Å². The Labute approximate surface area is 124 Å². The summed E-state index contributed by atoms with van der Waals surface area (Å²) in [4.78, 5) is 14.1. The van der Waals surface area contributed by atoms with Crippen molar-refractivity contribution in [3.05, 3.63) is 90.8 Å². The second-order valence-electron chi connectivity index (χ2n) is 4.34. The number of nitrogens with zero attached hydrogens (tertiary/aromatic N) is 1. The summed E-state index contributed by atoms with van der Waals surface area (Å²) in [5, 5.41) is 0. The van der Waals surface area contributed by atoms with E-state index in [1.807, 2.05) is 12.1 Å². The van der Waals surface area contributed by atoms with Crippen molar-refractivity contribution in [2.24, 2.45) is 5.73 Å². The molecule has 104 valence electrons. The van der Waals surface area contributed by atoms with Gasteiger partial charge in [-0.15, -0.1) is 0 Å². The van der Waals surface area contributed by atoms with E-state index in [2.05, 4.69) is 53.5 Å². The van der Waals surface area contributed by atoms with E-state index in [1.165, 1.54) is 17.3 Å². The second kappa shape index (κ2) is 7.60. The molecule has 21 heavy (non-hydrogen) atoms. The number of carbonyl (C=O) groups excluding carboxylic acids is 1. The van der Waals surface area contributed by atoms with Crippen LogP contribution in [0.3, 0.4) is 0 Å². The van der Waals surface area contributed by atoms with Gasteiger partial charge in [-0.25, -0.2) is 0 Å². The van der Waals surface area contributed by atoms with E-state index in [0.717, 1.165) is 0 Å². The molecule has 0 aliphatic carbocycles. The van der Waals surface area contributed by atoms with Gasteiger partial charge in [0.25, 0.3) is 0 Å². The summed E-state index contributed by atoms with van der Waals surface area (Å²) in [6, 6.07) is 24.1. The minimum atomic E-state index is -0.442. The number of hydrogen-bond donors (Lipinski definition) is 1. The fraction of sp³-hybridized carbons (Fsp3) is 0. The minimum Gasteiger partial charge on any atom is -0.366 e. The van der Waals surface area contributed by atoms with Crippen molar-refractivity contribution >= 4 is 5.91 Å². The zero-order chi connectivity index (χ0) is 14.9. The molecule has 0 aliphatic rings. The molecule has 0 unspecified atom stereocenters. The van der Waals surface area contributed by atoms with Crippen LogP contribution in [0.4, 0.5) is 0 Å². The number of amides is 1. The van der Waals surface area contributed by atoms with Crippen molar-refractivity contribution in [2.45, 2.75) is 0 Å². The highest BCUT2D eigenvalue weighted by Gasteiger charge is 1.95. The van der Waals surface area contributed by atoms with Crippen LogP contribution in [-0.2, 0) is 0 Å². The summed E-state index contributed by atoms with van der Waals surface area (Å²) >= 11 is 0. The quantitative estimate of drug-likeness (QED) is 0.778. The molecular weight excluding hydrogens is 260 g/mol.